The maximum absolute atomic E-state index is 4.66. The molecule has 0 heterocycles. The standard InChI is InChI=1S/C21H27N/c1-6-15(2)14-22-18(5)21-13-20(12-9-17(21)4)19-10-7-16(3)8-11-19/h7-8,10-11,13-14H,6,9,12H2,1-5H3/b15-14+,22-18-. The Hall–Kier alpha value is -1.89. The van der Waals surface area contributed by atoms with E-state index in [1.807, 2.05) is 6.20 Å². The lowest BCUT2D eigenvalue weighted by molar-refractivity contribution is 0.966. The Labute approximate surface area is 135 Å². The van der Waals surface area contributed by atoms with E-state index < -0.39 is 0 Å². The molecular formula is C21H27N. The predicted octanol–water partition coefficient (Wildman–Crippen LogP) is 6.26. The first kappa shape index (κ1) is 16.5. The SMILES string of the molecule is CC/C(C)=C/N=C(/C)C1=C(C)CCC(c2ccc(C)cc2)=C1. The Balaban J connectivity index is 2.32. The average molecular weight is 293 g/mol. The summed E-state index contributed by atoms with van der Waals surface area (Å²) in [7, 11) is 0. The molecule has 2 rings (SSSR count). The molecule has 0 fully saturated rings. The van der Waals surface area contributed by atoms with Crippen LogP contribution in [0.15, 0.2) is 58.3 Å². The Morgan fingerprint density at radius 1 is 1.09 bits per heavy atom. The number of allylic oxidation sites excluding steroid dienone is 5. The summed E-state index contributed by atoms with van der Waals surface area (Å²) >= 11 is 0. The molecule has 1 aromatic carbocycles. The largest absolute Gasteiger partial charge is 0.261 e. The normalized spacial score (nSPS) is 16.9. The summed E-state index contributed by atoms with van der Waals surface area (Å²) < 4.78 is 0. The monoisotopic (exact) mass is 293 g/mol. The Kier molecular flexibility index (Phi) is 5.54. The lowest BCUT2D eigenvalue weighted by Crippen LogP contribution is -2.04. The smallest absolute Gasteiger partial charge is 0.0444 e. The summed E-state index contributed by atoms with van der Waals surface area (Å²) in [6.07, 6.45) is 7.63. The van der Waals surface area contributed by atoms with Gasteiger partial charge in [-0.05, 0) is 69.7 Å². The third-order valence-electron chi connectivity index (χ3n) is 4.40. The van der Waals surface area contributed by atoms with Gasteiger partial charge in [-0.15, -0.1) is 0 Å². The summed E-state index contributed by atoms with van der Waals surface area (Å²) in [6.45, 7) is 10.8. The molecule has 1 aliphatic carbocycles. The molecule has 0 saturated carbocycles. The summed E-state index contributed by atoms with van der Waals surface area (Å²) in [4.78, 5) is 4.66. The van der Waals surface area contributed by atoms with Crippen molar-refractivity contribution >= 4 is 11.3 Å². The molecule has 1 heteroatoms. The molecular weight excluding hydrogens is 266 g/mol. The van der Waals surface area contributed by atoms with Crippen LogP contribution in [-0.2, 0) is 0 Å². The van der Waals surface area contributed by atoms with E-state index >= 15 is 0 Å². The van der Waals surface area contributed by atoms with Gasteiger partial charge in [0, 0.05) is 11.9 Å². The molecule has 0 N–H and O–H groups in total. The van der Waals surface area contributed by atoms with Crippen LogP contribution in [0.2, 0.25) is 0 Å². The van der Waals surface area contributed by atoms with Crippen molar-refractivity contribution in [2.24, 2.45) is 4.99 Å². The molecule has 116 valence electrons. The van der Waals surface area contributed by atoms with Gasteiger partial charge < -0.3 is 0 Å². The summed E-state index contributed by atoms with van der Waals surface area (Å²) in [5.74, 6) is 0. The highest BCUT2D eigenvalue weighted by molar-refractivity contribution is 6.03. The third kappa shape index (κ3) is 4.07. The quantitative estimate of drug-likeness (QED) is 0.581. The molecule has 1 aromatic rings. The van der Waals surface area contributed by atoms with E-state index in [1.54, 1.807) is 0 Å². The van der Waals surface area contributed by atoms with Gasteiger partial charge in [0.15, 0.2) is 0 Å². The molecule has 0 amide bonds. The van der Waals surface area contributed by atoms with Gasteiger partial charge in [-0.2, -0.15) is 0 Å². The van der Waals surface area contributed by atoms with Gasteiger partial charge in [0.2, 0.25) is 0 Å². The zero-order valence-corrected chi connectivity index (χ0v) is 14.5. The number of hydrogen-bond acceptors (Lipinski definition) is 1. The van der Waals surface area contributed by atoms with Gasteiger partial charge in [0.05, 0.1) is 0 Å². The van der Waals surface area contributed by atoms with Crippen molar-refractivity contribution in [2.75, 3.05) is 0 Å². The lowest BCUT2D eigenvalue weighted by atomic mass is 9.87. The molecule has 0 radical (unpaired) electrons. The maximum Gasteiger partial charge on any atom is 0.0444 e. The molecule has 22 heavy (non-hydrogen) atoms. The zero-order chi connectivity index (χ0) is 16.1. The van der Waals surface area contributed by atoms with Crippen LogP contribution in [0, 0.1) is 6.92 Å². The molecule has 0 aliphatic heterocycles. The van der Waals surface area contributed by atoms with Gasteiger partial charge in [-0.25, -0.2) is 0 Å². The minimum Gasteiger partial charge on any atom is -0.261 e. The fraction of sp³-hybridized carbons (Fsp3) is 0.381. The van der Waals surface area contributed by atoms with Crippen molar-refractivity contribution in [1.29, 1.82) is 0 Å². The molecule has 0 bridgehead atoms. The fourth-order valence-corrected chi connectivity index (χ4v) is 2.60. The van der Waals surface area contributed by atoms with Crippen LogP contribution in [0.25, 0.3) is 5.57 Å². The van der Waals surface area contributed by atoms with Crippen LogP contribution in [-0.4, -0.2) is 5.71 Å². The van der Waals surface area contributed by atoms with Crippen LogP contribution >= 0.6 is 0 Å². The van der Waals surface area contributed by atoms with Crippen molar-refractivity contribution in [1.82, 2.24) is 0 Å². The molecule has 0 spiro atoms. The summed E-state index contributed by atoms with van der Waals surface area (Å²) in [5, 5.41) is 0. The Morgan fingerprint density at radius 3 is 2.41 bits per heavy atom. The summed E-state index contributed by atoms with van der Waals surface area (Å²) in [6, 6.07) is 8.84. The van der Waals surface area contributed by atoms with E-state index in [4.69, 9.17) is 0 Å². The zero-order valence-electron chi connectivity index (χ0n) is 14.5. The molecule has 0 aromatic heterocycles. The van der Waals surface area contributed by atoms with E-state index in [-0.39, 0.29) is 0 Å². The van der Waals surface area contributed by atoms with Gasteiger partial charge in [0.1, 0.15) is 0 Å². The minimum absolute atomic E-state index is 1.05. The van der Waals surface area contributed by atoms with Gasteiger partial charge in [-0.3, -0.25) is 4.99 Å². The van der Waals surface area contributed by atoms with Crippen LogP contribution in [0.4, 0.5) is 0 Å². The lowest BCUT2D eigenvalue weighted by Gasteiger charge is -2.18. The Morgan fingerprint density at radius 2 is 1.77 bits per heavy atom. The second kappa shape index (κ2) is 7.40. The number of rotatable bonds is 4. The third-order valence-corrected chi connectivity index (χ3v) is 4.40. The molecule has 0 unspecified atom stereocenters. The molecule has 1 aliphatic rings. The number of nitrogens with zero attached hydrogens (tertiary/aromatic N) is 1. The van der Waals surface area contributed by atoms with Crippen LogP contribution in [0.5, 0.6) is 0 Å². The minimum atomic E-state index is 1.05. The molecule has 0 atom stereocenters. The highest BCUT2D eigenvalue weighted by Gasteiger charge is 2.13. The van der Waals surface area contributed by atoms with E-state index in [0.717, 1.165) is 25.0 Å². The first-order valence-corrected chi connectivity index (χ1v) is 8.19. The van der Waals surface area contributed by atoms with Crippen molar-refractivity contribution in [3.05, 3.63) is 64.4 Å². The Bertz CT molecular complexity index is 652. The van der Waals surface area contributed by atoms with Gasteiger partial charge in [-0.1, -0.05) is 47.9 Å². The number of aryl methyl sites for hydroxylation is 1. The second-order valence-electron chi connectivity index (χ2n) is 6.27. The van der Waals surface area contributed by atoms with Crippen molar-refractivity contribution in [2.45, 2.75) is 53.9 Å². The highest BCUT2D eigenvalue weighted by atomic mass is 14.7. The summed E-state index contributed by atoms with van der Waals surface area (Å²) in [5.41, 5.74) is 9.26. The van der Waals surface area contributed by atoms with Crippen LogP contribution in [0.1, 0.15) is 58.1 Å². The van der Waals surface area contributed by atoms with Gasteiger partial charge in [0.25, 0.3) is 0 Å². The molecule has 1 nitrogen and oxygen atoms in total. The first-order valence-electron chi connectivity index (χ1n) is 8.19. The van der Waals surface area contributed by atoms with Crippen molar-refractivity contribution in [3.8, 4) is 0 Å². The van der Waals surface area contributed by atoms with Crippen molar-refractivity contribution in [3.63, 3.8) is 0 Å². The van der Waals surface area contributed by atoms with E-state index in [0.29, 0.717) is 0 Å². The van der Waals surface area contributed by atoms with Crippen LogP contribution < -0.4 is 0 Å². The van der Waals surface area contributed by atoms with Gasteiger partial charge >= 0.3 is 0 Å². The highest BCUT2D eigenvalue weighted by Crippen LogP contribution is 2.31. The van der Waals surface area contributed by atoms with E-state index in [9.17, 15) is 0 Å². The average Bonchev–Trinajstić information content (AvgIpc) is 2.53. The fourth-order valence-electron chi connectivity index (χ4n) is 2.60. The molecule has 0 saturated heterocycles. The number of hydrogen-bond donors (Lipinski definition) is 0. The van der Waals surface area contributed by atoms with E-state index in [2.05, 4.69) is 70.0 Å². The second-order valence-corrected chi connectivity index (χ2v) is 6.27. The first-order chi connectivity index (χ1) is 10.5. The van der Waals surface area contributed by atoms with E-state index in [1.165, 1.54) is 33.4 Å². The maximum atomic E-state index is 4.66. The van der Waals surface area contributed by atoms with Crippen LogP contribution in [0.3, 0.4) is 0 Å². The van der Waals surface area contributed by atoms with Crippen molar-refractivity contribution < 1.29 is 0 Å². The number of benzene rings is 1. The predicted molar refractivity (Wildman–Crippen MR) is 98.2 cm³/mol. The number of aliphatic imine (C=N–C) groups is 1. The topological polar surface area (TPSA) is 12.4 Å².